The van der Waals surface area contributed by atoms with Gasteiger partial charge in [0.05, 0.1) is 31.5 Å². The van der Waals surface area contributed by atoms with Crippen LogP contribution in [0.5, 0.6) is 23.0 Å². The first-order chi connectivity index (χ1) is 19.9. The SMILES string of the molecule is CCOc1cc([C@@H]2NC(=O)NC(C)=C2C(=O)OC)ccc1OC[C@@H](O)N/N=C\c1cccc(Oc2ccccc2)c1. The number of benzene rings is 3. The summed E-state index contributed by atoms with van der Waals surface area (Å²) >= 11 is 0. The fourth-order valence-electron chi connectivity index (χ4n) is 4.10. The molecule has 11 heteroatoms. The zero-order valence-electron chi connectivity index (χ0n) is 22.9. The van der Waals surface area contributed by atoms with E-state index in [9.17, 15) is 14.7 Å². The number of carbonyl (C=O) groups excluding carboxylic acids is 2. The third kappa shape index (κ3) is 7.76. The van der Waals surface area contributed by atoms with Gasteiger partial charge in [0.1, 0.15) is 18.1 Å². The number of para-hydroxylation sites is 1. The number of rotatable bonds is 12. The molecule has 0 saturated carbocycles. The Morgan fingerprint density at radius 3 is 2.59 bits per heavy atom. The molecule has 1 aliphatic heterocycles. The molecule has 41 heavy (non-hydrogen) atoms. The first kappa shape index (κ1) is 29.0. The maximum absolute atomic E-state index is 12.4. The predicted molar refractivity (Wildman–Crippen MR) is 152 cm³/mol. The number of methoxy groups -OCH3 is 1. The smallest absolute Gasteiger partial charge is 0.337 e. The van der Waals surface area contributed by atoms with Crippen LogP contribution >= 0.6 is 0 Å². The highest BCUT2D eigenvalue weighted by Crippen LogP contribution is 2.35. The van der Waals surface area contributed by atoms with Gasteiger partial charge in [-0.15, -0.1) is 0 Å². The molecule has 0 spiro atoms. The van der Waals surface area contributed by atoms with E-state index in [1.807, 2.05) is 61.5 Å². The van der Waals surface area contributed by atoms with Crippen molar-refractivity contribution in [1.29, 1.82) is 0 Å². The van der Waals surface area contributed by atoms with Gasteiger partial charge in [0.2, 0.25) is 0 Å². The third-order valence-corrected chi connectivity index (χ3v) is 5.95. The molecule has 11 nitrogen and oxygen atoms in total. The van der Waals surface area contributed by atoms with E-state index < -0.39 is 24.3 Å². The number of urea groups is 1. The van der Waals surface area contributed by atoms with Gasteiger partial charge >= 0.3 is 12.0 Å². The van der Waals surface area contributed by atoms with Crippen molar-refractivity contribution in [2.75, 3.05) is 20.3 Å². The average molecular weight is 561 g/mol. The van der Waals surface area contributed by atoms with Gasteiger partial charge in [-0.1, -0.05) is 36.4 Å². The molecular weight excluding hydrogens is 528 g/mol. The Kier molecular flexibility index (Phi) is 9.79. The maximum Gasteiger partial charge on any atom is 0.337 e. The first-order valence-electron chi connectivity index (χ1n) is 12.9. The Morgan fingerprint density at radius 1 is 1.05 bits per heavy atom. The van der Waals surface area contributed by atoms with E-state index in [0.29, 0.717) is 35.1 Å². The summed E-state index contributed by atoms with van der Waals surface area (Å²) in [5, 5.41) is 19.8. The van der Waals surface area contributed by atoms with Crippen molar-refractivity contribution in [2.24, 2.45) is 5.10 Å². The van der Waals surface area contributed by atoms with Gasteiger partial charge in [0.25, 0.3) is 0 Å². The Hall–Kier alpha value is -5.03. The molecule has 0 fully saturated rings. The Bertz CT molecular complexity index is 1430. The van der Waals surface area contributed by atoms with Gasteiger partial charge in [0.15, 0.2) is 17.7 Å². The molecule has 4 N–H and O–H groups in total. The fraction of sp³-hybridized carbons (Fsp3) is 0.233. The Morgan fingerprint density at radius 2 is 1.83 bits per heavy atom. The van der Waals surface area contributed by atoms with Crippen LogP contribution in [0, 0.1) is 0 Å². The number of amides is 2. The number of hydrogen-bond donors (Lipinski definition) is 4. The van der Waals surface area contributed by atoms with Crippen LogP contribution in [-0.2, 0) is 9.53 Å². The second-order valence-electron chi connectivity index (χ2n) is 8.90. The Balaban J connectivity index is 1.38. The summed E-state index contributed by atoms with van der Waals surface area (Å²) in [6.07, 6.45) is 0.438. The topological polar surface area (TPSA) is 140 Å². The summed E-state index contributed by atoms with van der Waals surface area (Å²) in [7, 11) is 1.28. The molecule has 0 unspecified atom stereocenters. The lowest BCUT2D eigenvalue weighted by atomic mass is 9.95. The summed E-state index contributed by atoms with van der Waals surface area (Å²) in [4.78, 5) is 24.5. The van der Waals surface area contributed by atoms with Crippen LogP contribution in [0.3, 0.4) is 0 Å². The maximum atomic E-state index is 12.4. The highest BCUT2D eigenvalue weighted by molar-refractivity contribution is 5.95. The number of aliphatic hydroxyl groups is 1. The number of nitrogens with one attached hydrogen (secondary N) is 3. The highest BCUT2D eigenvalue weighted by Gasteiger charge is 2.32. The minimum atomic E-state index is -1.12. The van der Waals surface area contributed by atoms with E-state index in [1.165, 1.54) is 7.11 Å². The third-order valence-electron chi connectivity index (χ3n) is 5.95. The molecule has 0 saturated heterocycles. The van der Waals surface area contributed by atoms with Crippen molar-refractivity contribution in [2.45, 2.75) is 26.1 Å². The molecule has 0 bridgehead atoms. The molecule has 2 atom stereocenters. The van der Waals surface area contributed by atoms with Crippen LogP contribution in [0.25, 0.3) is 0 Å². The van der Waals surface area contributed by atoms with Crippen molar-refractivity contribution < 1.29 is 33.6 Å². The molecule has 214 valence electrons. The molecule has 1 aliphatic rings. The lowest BCUT2D eigenvalue weighted by molar-refractivity contribution is -0.136. The number of aliphatic hydroxyl groups excluding tert-OH is 1. The summed E-state index contributed by atoms with van der Waals surface area (Å²) in [6.45, 7) is 3.66. The number of hydrogen-bond acceptors (Lipinski definition) is 9. The summed E-state index contributed by atoms with van der Waals surface area (Å²) in [5.41, 5.74) is 4.67. The van der Waals surface area contributed by atoms with Gasteiger partial charge < -0.3 is 34.7 Å². The number of allylic oxidation sites excluding steroid dienone is 1. The number of hydrazone groups is 1. The fourth-order valence-corrected chi connectivity index (χ4v) is 4.10. The van der Waals surface area contributed by atoms with Crippen molar-refractivity contribution in [1.82, 2.24) is 16.1 Å². The minimum Gasteiger partial charge on any atom is -0.490 e. The summed E-state index contributed by atoms with van der Waals surface area (Å²) in [5.74, 6) is 1.56. The summed E-state index contributed by atoms with van der Waals surface area (Å²) < 4.78 is 22.3. The van der Waals surface area contributed by atoms with Crippen molar-refractivity contribution in [3.05, 3.63) is 95.2 Å². The van der Waals surface area contributed by atoms with E-state index in [1.54, 1.807) is 31.3 Å². The van der Waals surface area contributed by atoms with E-state index in [2.05, 4.69) is 21.2 Å². The molecule has 0 radical (unpaired) electrons. The molecule has 0 aromatic heterocycles. The van der Waals surface area contributed by atoms with Gasteiger partial charge in [0, 0.05) is 5.70 Å². The molecule has 3 aromatic carbocycles. The second-order valence-corrected chi connectivity index (χ2v) is 8.90. The predicted octanol–water partition coefficient (Wildman–Crippen LogP) is 4.00. The quantitative estimate of drug-likeness (QED) is 0.113. The monoisotopic (exact) mass is 560 g/mol. The number of carbonyl (C=O) groups is 2. The van der Waals surface area contributed by atoms with Gasteiger partial charge in [-0.2, -0.15) is 5.10 Å². The van der Waals surface area contributed by atoms with Gasteiger partial charge in [-0.3, -0.25) is 5.43 Å². The Labute approximate surface area is 237 Å². The van der Waals surface area contributed by atoms with Crippen LogP contribution < -0.4 is 30.3 Å². The second kappa shape index (κ2) is 13.9. The normalized spacial score (nSPS) is 15.5. The first-order valence-corrected chi connectivity index (χ1v) is 12.9. The largest absolute Gasteiger partial charge is 0.490 e. The lowest BCUT2D eigenvalue weighted by Crippen LogP contribution is -2.45. The number of ether oxygens (including phenoxy) is 4. The highest BCUT2D eigenvalue weighted by atomic mass is 16.5. The van der Waals surface area contributed by atoms with Gasteiger partial charge in [-0.05, 0) is 61.4 Å². The molecule has 4 rings (SSSR count). The number of esters is 1. The molecule has 2 amide bonds. The van der Waals surface area contributed by atoms with E-state index in [0.717, 1.165) is 11.3 Å². The van der Waals surface area contributed by atoms with E-state index >= 15 is 0 Å². The zero-order valence-corrected chi connectivity index (χ0v) is 22.9. The van der Waals surface area contributed by atoms with Crippen LogP contribution in [0.15, 0.2) is 89.2 Å². The molecule has 0 aliphatic carbocycles. The van der Waals surface area contributed by atoms with Crippen LogP contribution in [-0.4, -0.2) is 49.9 Å². The number of nitrogens with zero attached hydrogens (tertiary/aromatic N) is 1. The van der Waals surface area contributed by atoms with Crippen molar-refractivity contribution in [3.8, 4) is 23.0 Å². The molecular formula is C30H32N4O7. The van der Waals surface area contributed by atoms with E-state index in [-0.39, 0.29) is 12.2 Å². The van der Waals surface area contributed by atoms with E-state index in [4.69, 9.17) is 18.9 Å². The lowest BCUT2D eigenvalue weighted by Gasteiger charge is -2.28. The van der Waals surface area contributed by atoms with Crippen LogP contribution in [0.2, 0.25) is 0 Å². The molecule has 1 heterocycles. The van der Waals surface area contributed by atoms with Gasteiger partial charge in [-0.25, -0.2) is 9.59 Å². The van der Waals surface area contributed by atoms with Crippen molar-refractivity contribution in [3.63, 3.8) is 0 Å². The van der Waals surface area contributed by atoms with Crippen LogP contribution in [0.1, 0.15) is 31.0 Å². The van der Waals surface area contributed by atoms with Crippen molar-refractivity contribution >= 4 is 18.2 Å². The van der Waals surface area contributed by atoms with Crippen LogP contribution in [0.4, 0.5) is 4.79 Å². The zero-order chi connectivity index (χ0) is 29.2. The summed E-state index contributed by atoms with van der Waals surface area (Å²) in [6, 6.07) is 20.6. The average Bonchev–Trinajstić information content (AvgIpc) is 2.96. The standard InChI is InChI=1S/C30H32N4O7/c1-4-39-25-16-21(28-27(29(36)38-3)19(2)32-30(37)33-28)13-14-24(25)40-18-26(35)34-31-17-20-9-8-12-23(15-20)41-22-10-6-5-7-11-22/h5-17,26,28,34-35H,4,18H2,1-3H3,(H2,32,33,37)/b31-17-/t26-,28+/m1/s1. The molecule has 3 aromatic rings. The minimum absolute atomic E-state index is 0.134.